The average Bonchev–Trinajstić information content (AvgIpc) is 2.53. The minimum atomic E-state index is -0.849. The number of piperidine rings is 1. The number of carbonyl (C=O) groups is 2. The topological polar surface area (TPSA) is 61.4 Å². The number of benzene rings is 1. The highest BCUT2D eigenvalue weighted by Gasteiger charge is 2.45. The maximum atomic E-state index is 13.5. The van der Waals surface area contributed by atoms with Gasteiger partial charge in [0, 0.05) is 22.8 Å². The van der Waals surface area contributed by atoms with Gasteiger partial charge in [-0.3, -0.25) is 14.5 Å². The number of terminal acetylenes is 1. The number of nitrogens with zero attached hydrogens (tertiary/aromatic N) is 1. The van der Waals surface area contributed by atoms with Gasteiger partial charge < -0.3 is 10.6 Å². The van der Waals surface area contributed by atoms with Crippen molar-refractivity contribution in [2.24, 2.45) is 0 Å². The van der Waals surface area contributed by atoms with Gasteiger partial charge in [0.15, 0.2) is 0 Å². The largest absolute Gasteiger partial charge is 0.345 e. The summed E-state index contributed by atoms with van der Waals surface area (Å²) in [7, 11) is 0. The van der Waals surface area contributed by atoms with E-state index in [1.807, 2.05) is 0 Å². The summed E-state index contributed by atoms with van der Waals surface area (Å²) in [6, 6.07) is 3.64. The van der Waals surface area contributed by atoms with Gasteiger partial charge in [-0.2, -0.15) is 0 Å². The number of hydrogen-bond donors (Lipinski definition) is 2. The average molecular weight is 394 g/mol. The van der Waals surface area contributed by atoms with Gasteiger partial charge in [-0.25, -0.2) is 4.39 Å². The normalized spacial score (nSPS) is 19.1. The second-order valence-electron chi connectivity index (χ2n) is 8.08. The predicted molar refractivity (Wildman–Crippen MR) is 105 cm³/mol. The molecule has 1 aromatic carbocycles. The predicted octanol–water partition coefficient (Wildman–Crippen LogP) is 3.19. The Morgan fingerprint density at radius 2 is 1.85 bits per heavy atom. The summed E-state index contributed by atoms with van der Waals surface area (Å²) in [5.41, 5.74) is -0.300. The van der Waals surface area contributed by atoms with Crippen LogP contribution in [-0.2, 0) is 9.59 Å². The SMILES string of the molecule is C#CCN1C(C)(C)CC(NC(=O)C(=O)Nc2ccc(Cl)c(F)c2)CC1(C)C. The molecule has 0 atom stereocenters. The minimum Gasteiger partial charge on any atom is -0.345 e. The van der Waals surface area contributed by atoms with Gasteiger partial charge in [-0.15, -0.1) is 6.42 Å². The van der Waals surface area contributed by atoms with Crippen LogP contribution < -0.4 is 10.6 Å². The number of carbonyl (C=O) groups excluding carboxylic acids is 2. The zero-order chi connectivity index (χ0) is 20.4. The minimum absolute atomic E-state index is 0.0550. The molecule has 146 valence electrons. The van der Waals surface area contributed by atoms with E-state index in [4.69, 9.17) is 18.0 Å². The van der Waals surface area contributed by atoms with Gasteiger partial charge in [-0.05, 0) is 58.7 Å². The molecule has 2 amide bonds. The maximum absolute atomic E-state index is 13.5. The first-order valence-corrected chi connectivity index (χ1v) is 9.12. The fourth-order valence-electron chi connectivity index (χ4n) is 3.95. The van der Waals surface area contributed by atoms with Crippen molar-refractivity contribution in [2.45, 2.75) is 57.7 Å². The molecule has 0 unspecified atom stereocenters. The van der Waals surface area contributed by atoms with E-state index < -0.39 is 17.6 Å². The highest BCUT2D eigenvalue weighted by Crippen LogP contribution is 2.38. The van der Waals surface area contributed by atoms with Gasteiger partial charge in [0.25, 0.3) is 0 Å². The number of rotatable bonds is 3. The van der Waals surface area contributed by atoms with E-state index in [1.54, 1.807) is 0 Å². The summed E-state index contributed by atoms with van der Waals surface area (Å²) in [5.74, 6) is 0.420. The van der Waals surface area contributed by atoms with Crippen molar-refractivity contribution < 1.29 is 14.0 Å². The van der Waals surface area contributed by atoms with Crippen LogP contribution in [0.2, 0.25) is 5.02 Å². The number of nitrogens with one attached hydrogen (secondary N) is 2. The lowest BCUT2D eigenvalue weighted by atomic mass is 9.77. The van der Waals surface area contributed by atoms with Crippen LogP contribution in [0.3, 0.4) is 0 Å². The fraction of sp³-hybridized carbons (Fsp3) is 0.500. The molecule has 0 aliphatic carbocycles. The lowest BCUT2D eigenvalue weighted by Crippen LogP contribution is -2.64. The van der Waals surface area contributed by atoms with E-state index >= 15 is 0 Å². The standard InChI is InChI=1S/C20H25ClFN3O2/c1-6-9-25-19(2,3)11-14(12-20(25,4)5)24-18(27)17(26)23-13-7-8-15(21)16(22)10-13/h1,7-8,10,14H,9,11-12H2,2-5H3,(H,23,26)(H,24,27). The van der Waals surface area contributed by atoms with E-state index in [2.05, 4.69) is 49.1 Å². The molecule has 1 aromatic rings. The van der Waals surface area contributed by atoms with Crippen molar-refractivity contribution in [3.8, 4) is 12.3 Å². The highest BCUT2D eigenvalue weighted by molar-refractivity contribution is 6.39. The third kappa shape index (κ3) is 5.00. The maximum Gasteiger partial charge on any atom is 0.313 e. The smallest absolute Gasteiger partial charge is 0.313 e. The van der Waals surface area contributed by atoms with Gasteiger partial charge in [0.2, 0.25) is 0 Å². The first-order valence-electron chi connectivity index (χ1n) is 8.74. The summed E-state index contributed by atoms with van der Waals surface area (Å²) >= 11 is 5.61. The van der Waals surface area contributed by atoms with Crippen LogP contribution in [0.15, 0.2) is 18.2 Å². The Kier molecular flexibility index (Phi) is 6.18. The quantitative estimate of drug-likeness (QED) is 0.612. The Labute approximate surface area is 164 Å². The number of halogens is 2. The number of anilines is 1. The van der Waals surface area contributed by atoms with Crippen LogP contribution in [0.25, 0.3) is 0 Å². The van der Waals surface area contributed by atoms with Crippen LogP contribution in [0, 0.1) is 18.2 Å². The molecule has 5 nitrogen and oxygen atoms in total. The lowest BCUT2D eigenvalue weighted by molar-refractivity contribution is -0.137. The third-order valence-corrected chi connectivity index (χ3v) is 5.23. The van der Waals surface area contributed by atoms with Crippen molar-refractivity contribution >= 4 is 29.1 Å². The van der Waals surface area contributed by atoms with Gasteiger partial charge >= 0.3 is 11.8 Å². The van der Waals surface area contributed by atoms with Crippen LogP contribution >= 0.6 is 11.6 Å². The molecular formula is C20H25ClFN3O2. The van der Waals surface area contributed by atoms with E-state index in [9.17, 15) is 14.0 Å². The first kappa shape index (κ1) is 21.2. The molecule has 0 saturated carbocycles. The Balaban J connectivity index is 2.03. The van der Waals surface area contributed by atoms with Crippen molar-refractivity contribution in [3.63, 3.8) is 0 Å². The molecule has 0 spiro atoms. The second kappa shape index (κ2) is 7.87. The van der Waals surface area contributed by atoms with Gasteiger partial charge in [0.05, 0.1) is 11.6 Å². The van der Waals surface area contributed by atoms with Gasteiger partial charge in [-0.1, -0.05) is 17.5 Å². The molecule has 0 radical (unpaired) electrons. The molecule has 1 fully saturated rings. The van der Waals surface area contributed by atoms with E-state index in [0.717, 1.165) is 6.07 Å². The summed E-state index contributed by atoms with van der Waals surface area (Å²) < 4.78 is 13.5. The Bertz CT molecular complexity index is 768. The summed E-state index contributed by atoms with van der Waals surface area (Å²) in [4.78, 5) is 26.7. The monoisotopic (exact) mass is 393 g/mol. The third-order valence-electron chi connectivity index (χ3n) is 4.92. The van der Waals surface area contributed by atoms with E-state index in [0.29, 0.717) is 19.4 Å². The van der Waals surface area contributed by atoms with Crippen molar-refractivity contribution in [3.05, 3.63) is 29.0 Å². The Morgan fingerprint density at radius 1 is 1.26 bits per heavy atom. The fourth-order valence-corrected chi connectivity index (χ4v) is 4.07. The van der Waals surface area contributed by atoms with Crippen LogP contribution in [0.4, 0.5) is 10.1 Å². The van der Waals surface area contributed by atoms with E-state index in [-0.39, 0.29) is 27.8 Å². The van der Waals surface area contributed by atoms with Crippen LogP contribution in [0.1, 0.15) is 40.5 Å². The zero-order valence-electron chi connectivity index (χ0n) is 16.0. The molecule has 27 heavy (non-hydrogen) atoms. The number of amides is 2. The molecule has 1 aliphatic rings. The molecule has 2 N–H and O–H groups in total. The number of likely N-dealkylation sites (tertiary alicyclic amines) is 1. The van der Waals surface area contributed by atoms with Crippen molar-refractivity contribution in [1.29, 1.82) is 0 Å². The molecule has 0 bridgehead atoms. The van der Waals surface area contributed by atoms with E-state index in [1.165, 1.54) is 12.1 Å². The molecule has 1 saturated heterocycles. The summed E-state index contributed by atoms with van der Waals surface area (Å²) in [6.07, 6.45) is 6.82. The molecule has 1 aliphatic heterocycles. The zero-order valence-corrected chi connectivity index (χ0v) is 16.8. The molecule has 1 heterocycles. The number of hydrogen-bond acceptors (Lipinski definition) is 3. The molecule has 2 rings (SSSR count). The molecular weight excluding hydrogens is 369 g/mol. The molecule has 7 heteroatoms. The van der Waals surface area contributed by atoms with Crippen molar-refractivity contribution in [2.75, 3.05) is 11.9 Å². The highest BCUT2D eigenvalue weighted by atomic mass is 35.5. The first-order chi connectivity index (χ1) is 12.5. The summed E-state index contributed by atoms with van der Waals surface area (Å²) in [5, 5.41) is 5.12. The van der Waals surface area contributed by atoms with Crippen molar-refractivity contribution in [1.82, 2.24) is 10.2 Å². The van der Waals surface area contributed by atoms with Gasteiger partial charge in [0.1, 0.15) is 5.82 Å². The summed E-state index contributed by atoms with van der Waals surface area (Å²) in [6.45, 7) is 8.80. The Hall–Kier alpha value is -2.10. The van der Waals surface area contributed by atoms with Crippen LogP contribution in [0.5, 0.6) is 0 Å². The lowest BCUT2D eigenvalue weighted by Gasteiger charge is -2.54. The molecule has 0 aromatic heterocycles. The second-order valence-corrected chi connectivity index (χ2v) is 8.48. The Morgan fingerprint density at radius 3 is 2.37 bits per heavy atom. The van der Waals surface area contributed by atoms with Crippen LogP contribution in [-0.4, -0.2) is 40.4 Å².